The van der Waals surface area contributed by atoms with E-state index in [9.17, 15) is 0 Å². The second-order valence-electron chi connectivity index (χ2n) is 5.55. The number of aromatic nitrogens is 1. The van der Waals surface area contributed by atoms with Gasteiger partial charge in [-0.1, -0.05) is 38.2 Å². The number of anilines is 1. The van der Waals surface area contributed by atoms with Crippen molar-refractivity contribution < 1.29 is 0 Å². The van der Waals surface area contributed by atoms with Gasteiger partial charge in [0, 0.05) is 12.2 Å². The van der Waals surface area contributed by atoms with E-state index in [4.69, 9.17) is 4.98 Å². The highest BCUT2D eigenvalue weighted by molar-refractivity contribution is 5.47. The molecule has 17 heavy (non-hydrogen) atoms. The predicted molar refractivity (Wildman–Crippen MR) is 71.3 cm³/mol. The monoisotopic (exact) mass is 230 g/mol. The van der Waals surface area contributed by atoms with Crippen LogP contribution in [0.5, 0.6) is 0 Å². The molecule has 0 amide bonds. The van der Waals surface area contributed by atoms with E-state index in [0.717, 1.165) is 18.3 Å². The summed E-state index contributed by atoms with van der Waals surface area (Å²) in [6.45, 7) is 1.09. The van der Waals surface area contributed by atoms with Gasteiger partial charge in [-0.15, -0.1) is 0 Å². The first-order chi connectivity index (χ1) is 8.42. The Morgan fingerprint density at radius 3 is 2.88 bits per heavy atom. The SMILES string of the molecule is c1cc2c(nc1CC1CCCCC1)NCCC2. The third kappa shape index (κ3) is 2.62. The number of nitrogens with one attached hydrogen (secondary N) is 1. The van der Waals surface area contributed by atoms with Crippen molar-refractivity contribution in [2.75, 3.05) is 11.9 Å². The number of fused-ring (bicyclic) bond motifs is 1. The van der Waals surface area contributed by atoms with E-state index in [1.54, 1.807) is 0 Å². The quantitative estimate of drug-likeness (QED) is 0.840. The number of nitrogens with zero attached hydrogens (tertiary/aromatic N) is 1. The molecule has 1 aromatic rings. The van der Waals surface area contributed by atoms with Crippen molar-refractivity contribution in [3.05, 3.63) is 23.4 Å². The first-order valence-corrected chi connectivity index (χ1v) is 7.14. The second kappa shape index (κ2) is 5.07. The minimum atomic E-state index is 0.887. The molecular weight excluding hydrogens is 208 g/mol. The van der Waals surface area contributed by atoms with Crippen LogP contribution in [0.25, 0.3) is 0 Å². The number of rotatable bonds is 2. The van der Waals surface area contributed by atoms with Gasteiger partial charge in [0.05, 0.1) is 0 Å². The van der Waals surface area contributed by atoms with Crippen molar-refractivity contribution in [2.24, 2.45) is 5.92 Å². The van der Waals surface area contributed by atoms with Gasteiger partial charge in [0.2, 0.25) is 0 Å². The summed E-state index contributed by atoms with van der Waals surface area (Å²) in [6, 6.07) is 4.53. The Labute approximate surface area is 104 Å². The number of hydrogen-bond donors (Lipinski definition) is 1. The lowest BCUT2D eigenvalue weighted by molar-refractivity contribution is 0.354. The summed E-state index contributed by atoms with van der Waals surface area (Å²) in [6.07, 6.45) is 10.7. The van der Waals surface area contributed by atoms with Gasteiger partial charge < -0.3 is 5.32 Å². The van der Waals surface area contributed by atoms with Gasteiger partial charge in [-0.2, -0.15) is 0 Å². The topological polar surface area (TPSA) is 24.9 Å². The Morgan fingerprint density at radius 2 is 2.00 bits per heavy atom. The summed E-state index contributed by atoms with van der Waals surface area (Å²) in [5, 5.41) is 3.43. The molecule has 1 aliphatic heterocycles. The zero-order valence-corrected chi connectivity index (χ0v) is 10.5. The summed E-state index contributed by atoms with van der Waals surface area (Å²) in [7, 11) is 0. The van der Waals surface area contributed by atoms with Crippen molar-refractivity contribution in [1.29, 1.82) is 0 Å². The first kappa shape index (κ1) is 11.1. The maximum absolute atomic E-state index is 4.80. The molecule has 92 valence electrons. The fraction of sp³-hybridized carbons (Fsp3) is 0.667. The molecule has 0 saturated heterocycles. The first-order valence-electron chi connectivity index (χ1n) is 7.14. The Kier molecular flexibility index (Phi) is 3.30. The van der Waals surface area contributed by atoms with Gasteiger partial charge >= 0.3 is 0 Å². The number of aryl methyl sites for hydroxylation is 1. The van der Waals surface area contributed by atoms with E-state index < -0.39 is 0 Å². The van der Waals surface area contributed by atoms with Crippen molar-refractivity contribution in [1.82, 2.24) is 4.98 Å². The van der Waals surface area contributed by atoms with Crippen LogP contribution in [0.1, 0.15) is 49.8 Å². The lowest BCUT2D eigenvalue weighted by Crippen LogP contribution is -2.15. The average Bonchev–Trinajstić information content (AvgIpc) is 2.40. The molecule has 1 aromatic heterocycles. The van der Waals surface area contributed by atoms with Gasteiger partial charge in [-0.05, 0) is 36.8 Å². The van der Waals surface area contributed by atoms with Crippen LogP contribution in [-0.4, -0.2) is 11.5 Å². The lowest BCUT2D eigenvalue weighted by atomic mass is 9.86. The summed E-state index contributed by atoms with van der Waals surface area (Å²) in [5.41, 5.74) is 2.70. The molecule has 2 nitrogen and oxygen atoms in total. The summed E-state index contributed by atoms with van der Waals surface area (Å²) >= 11 is 0. The lowest BCUT2D eigenvalue weighted by Gasteiger charge is -2.22. The molecule has 1 saturated carbocycles. The highest BCUT2D eigenvalue weighted by Crippen LogP contribution is 2.27. The van der Waals surface area contributed by atoms with Gasteiger partial charge in [0.15, 0.2) is 0 Å². The predicted octanol–water partition coefficient (Wildman–Crippen LogP) is 3.56. The molecule has 2 heterocycles. The van der Waals surface area contributed by atoms with Crippen LogP contribution in [0.4, 0.5) is 5.82 Å². The van der Waals surface area contributed by atoms with Crippen LogP contribution in [0.15, 0.2) is 12.1 Å². The van der Waals surface area contributed by atoms with E-state index >= 15 is 0 Å². The summed E-state index contributed by atoms with van der Waals surface area (Å²) in [4.78, 5) is 4.80. The van der Waals surface area contributed by atoms with Crippen molar-refractivity contribution >= 4 is 5.82 Å². The minimum absolute atomic E-state index is 0.887. The standard InChI is InChI=1S/C15H22N2/c1-2-5-12(6-3-1)11-14-9-8-13-7-4-10-16-15(13)17-14/h8-9,12H,1-7,10-11H2,(H,16,17). The van der Waals surface area contributed by atoms with Crippen LogP contribution in [0.3, 0.4) is 0 Å². The molecule has 2 heteroatoms. The molecule has 1 aliphatic carbocycles. The van der Waals surface area contributed by atoms with E-state index in [1.165, 1.54) is 62.6 Å². The zero-order chi connectivity index (χ0) is 11.5. The Hall–Kier alpha value is -1.05. The fourth-order valence-electron chi connectivity index (χ4n) is 3.17. The summed E-state index contributed by atoms with van der Waals surface area (Å²) < 4.78 is 0. The highest BCUT2D eigenvalue weighted by atomic mass is 15.0. The van der Waals surface area contributed by atoms with Gasteiger partial charge in [0.1, 0.15) is 5.82 Å². The van der Waals surface area contributed by atoms with Crippen LogP contribution >= 0.6 is 0 Å². The molecular formula is C15H22N2. The Morgan fingerprint density at radius 1 is 1.12 bits per heavy atom. The number of pyridine rings is 1. The van der Waals surface area contributed by atoms with Crippen LogP contribution in [0, 0.1) is 5.92 Å². The molecule has 0 bridgehead atoms. The van der Waals surface area contributed by atoms with E-state index in [0.29, 0.717) is 0 Å². The Bertz CT molecular complexity index is 381. The molecule has 0 unspecified atom stereocenters. The molecule has 2 aliphatic rings. The van der Waals surface area contributed by atoms with Crippen molar-refractivity contribution in [3.63, 3.8) is 0 Å². The van der Waals surface area contributed by atoms with Crippen LogP contribution in [-0.2, 0) is 12.8 Å². The van der Waals surface area contributed by atoms with Gasteiger partial charge in [-0.25, -0.2) is 4.98 Å². The smallest absolute Gasteiger partial charge is 0.129 e. The molecule has 1 fully saturated rings. The molecule has 1 N–H and O–H groups in total. The maximum atomic E-state index is 4.80. The molecule has 0 atom stereocenters. The zero-order valence-electron chi connectivity index (χ0n) is 10.5. The third-order valence-corrected chi connectivity index (χ3v) is 4.17. The Balaban J connectivity index is 1.70. The third-order valence-electron chi connectivity index (χ3n) is 4.17. The fourth-order valence-corrected chi connectivity index (χ4v) is 3.17. The second-order valence-corrected chi connectivity index (χ2v) is 5.55. The van der Waals surface area contributed by atoms with Crippen LogP contribution in [0.2, 0.25) is 0 Å². The normalized spacial score (nSPS) is 20.7. The minimum Gasteiger partial charge on any atom is -0.370 e. The van der Waals surface area contributed by atoms with E-state index in [2.05, 4.69) is 17.4 Å². The largest absolute Gasteiger partial charge is 0.370 e. The maximum Gasteiger partial charge on any atom is 0.129 e. The van der Waals surface area contributed by atoms with Crippen LogP contribution < -0.4 is 5.32 Å². The molecule has 0 radical (unpaired) electrons. The average molecular weight is 230 g/mol. The van der Waals surface area contributed by atoms with Gasteiger partial charge in [-0.3, -0.25) is 0 Å². The molecule has 3 rings (SSSR count). The summed E-state index contributed by atoms with van der Waals surface area (Å²) in [5.74, 6) is 2.04. The highest BCUT2D eigenvalue weighted by Gasteiger charge is 2.16. The number of hydrogen-bond acceptors (Lipinski definition) is 2. The molecule has 0 spiro atoms. The van der Waals surface area contributed by atoms with E-state index in [1.807, 2.05) is 0 Å². The molecule has 0 aromatic carbocycles. The van der Waals surface area contributed by atoms with Crippen molar-refractivity contribution in [3.8, 4) is 0 Å². The van der Waals surface area contributed by atoms with E-state index in [-0.39, 0.29) is 0 Å². The van der Waals surface area contributed by atoms with Gasteiger partial charge in [0.25, 0.3) is 0 Å². The van der Waals surface area contributed by atoms with Crippen molar-refractivity contribution in [2.45, 2.75) is 51.4 Å².